The number of rotatable bonds is 5. The van der Waals surface area contributed by atoms with Crippen molar-refractivity contribution in [2.24, 2.45) is 5.92 Å². The van der Waals surface area contributed by atoms with Crippen molar-refractivity contribution in [1.82, 2.24) is 10.6 Å². The van der Waals surface area contributed by atoms with Gasteiger partial charge in [-0.3, -0.25) is 4.79 Å². The fraction of sp³-hybridized carbons (Fsp3) is 0.917. The first-order valence-corrected chi connectivity index (χ1v) is 6.16. The molecule has 1 amide bonds. The van der Waals surface area contributed by atoms with E-state index < -0.39 is 0 Å². The molecule has 0 spiro atoms. The van der Waals surface area contributed by atoms with Crippen LogP contribution in [-0.2, 0) is 9.53 Å². The molecule has 1 aliphatic heterocycles. The monoisotopic (exact) mass is 228 g/mol. The summed E-state index contributed by atoms with van der Waals surface area (Å²) in [6.45, 7) is 9.65. The second-order valence-electron chi connectivity index (χ2n) is 5.00. The van der Waals surface area contributed by atoms with Crippen LogP contribution >= 0.6 is 0 Å². The van der Waals surface area contributed by atoms with Gasteiger partial charge in [0, 0.05) is 19.2 Å². The molecule has 0 aliphatic carbocycles. The highest BCUT2D eigenvalue weighted by Crippen LogP contribution is 2.13. The lowest BCUT2D eigenvalue weighted by molar-refractivity contribution is -0.123. The van der Waals surface area contributed by atoms with Gasteiger partial charge in [-0.25, -0.2) is 0 Å². The molecule has 2 N–H and O–H groups in total. The molecule has 16 heavy (non-hydrogen) atoms. The number of hydrogen-bond acceptors (Lipinski definition) is 3. The lowest BCUT2D eigenvalue weighted by Gasteiger charge is -2.21. The number of amides is 1. The molecule has 1 heterocycles. The number of hydrogen-bond donors (Lipinski definition) is 2. The summed E-state index contributed by atoms with van der Waals surface area (Å²) in [5.74, 6) is 0.567. The average molecular weight is 228 g/mol. The minimum atomic E-state index is -0.145. The highest BCUT2D eigenvalue weighted by molar-refractivity contribution is 5.81. The van der Waals surface area contributed by atoms with Crippen molar-refractivity contribution in [3.63, 3.8) is 0 Å². The maximum atomic E-state index is 11.7. The van der Waals surface area contributed by atoms with E-state index in [0.717, 1.165) is 19.6 Å². The lowest BCUT2D eigenvalue weighted by Crippen LogP contribution is -2.49. The number of nitrogens with one attached hydrogen (secondary N) is 2. The van der Waals surface area contributed by atoms with Crippen molar-refractivity contribution in [3.05, 3.63) is 0 Å². The lowest BCUT2D eigenvalue weighted by atomic mass is 10.1. The van der Waals surface area contributed by atoms with Gasteiger partial charge in [0.2, 0.25) is 5.91 Å². The Kier molecular flexibility index (Phi) is 5.22. The van der Waals surface area contributed by atoms with E-state index in [2.05, 4.69) is 24.5 Å². The van der Waals surface area contributed by atoms with Crippen molar-refractivity contribution in [3.8, 4) is 0 Å². The van der Waals surface area contributed by atoms with Crippen LogP contribution < -0.4 is 10.6 Å². The van der Waals surface area contributed by atoms with Crippen molar-refractivity contribution in [2.45, 2.75) is 52.3 Å². The van der Waals surface area contributed by atoms with Crippen LogP contribution in [0.1, 0.15) is 34.1 Å². The summed E-state index contributed by atoms with van der Waals surface area (Å²) in [4.78, 5) is 11.7. The molecule has 4 heteroatoms. The number of carbonyl (C=O) groups is 1. The molecule has 0 aromatic heterocycles. The molecule has 1 aliphatic rings. The fourth-order valence-electron chi connectivity index (χ4n) is 1.81. The summed E-state index contributed by atoms with van der Waals surface area (Å²) in [5, 5.41) is 6.24. The SMILES string of the molecule is CC(C)CNC(=O)C(C)NC1CCOC1C. The molecular formula is C12H24N2O2. The van der Waals surface area contributed by atoms with E-state index in [1.54, 1.807) is 0 Å². The molecule has 94 valence electrons. The third-order valence-corrected chi connectivity index (χ3v) is 2.92. The van der Waals surface area contributed by atoms with Crippen molar-refractivity contribution < 1.29 is 9.53 Å². The van der Waals surface area contributed by atoms with Crippen LogP contribution in [0.5, 0.6) is 0 Å². The molecule has 1 saturated heterocycles. The molecule has 3 unspecified atom stereocenters. The molecule has 0 radical (unpaired) electrons. The van der Waals surface area contributed by atoms with Gasteiger partial charge in [-0.15, -0.1) is 0 Å². The van der Waals surface area contributed by atoms with Gasteiger partial charge in [-0.05, 0) is 26.2 Å². The van der Waals surface area contributed by atoms with Crippen LogP contribution in [0.4, 0.5) is 0 Å². The van der Waals surface area contributed by atoms with Crippen molar-refractivity contribution in [1.29, 1.82) is 0 Å². The third kappa shape index (κ3) is 4.10. The highest BCUT2D eigenvalue weighted by atomic mass is 16.5. The summed E-state index contributed by atoms with van der Waals surface area (Å²) in [5.41, 5.74) is 0. The standard InChI is InChI=1S/C12H24N2O2/c1-8(2)7-13-12(15)9(3)14-11-5-6-16-10(11)4/h8-11,14H,5-7H2,1-4H3,(H,13,15). The molecule has 0 aromatic rings. The minimum Gasteiger partial charge on any atom is -0.377 e. The van der Waals surface area contributed by atoms with Gasteiger partial charge >= 0.3 is 0 Å². The van der Waals surface area contributed by atoms with Gasteiger partial charge in [0.15, 0.2) is 0 Å². The van der Waals surface area contributed by atoms with Gasteiger partial charge < -0.3 is 15.4 Å². The van der Waals surface area contributed by atoms with E-state index in [1.807, 2.05) is 13.8 Å². The Hall–Kier alpha value is -0.610. The smallest absolute Gasteiger partial charge is 0.236 e. The third-order valence-electron chi connectivity index (χ3n) is 2.92. The summed E-state index contributed by atoms with van der Waals surface area (Å²) in [7, 11) is 0. The summed E-state index contributed by atoms with van der Waals surface area (Å²) < 4.78 is 5.45. The molecular weight excluding hydrogens is 204 g/mol. The van der Waals surface area contributed by atoms with Gasteiger partial charge in [0.1, 0.15) is 0 Å². The first-order chi connectivity index (χ1) is 7.50. The van der Waals surface area contributed by atoms with Crippen LogP contribution in [0, 0.1) is 5.92 Å². The first-order valence-electron chi connectivity index (χ1n) is 6.16. The van der Waals surface area contributed by atoms with E-state index in [4.69, 9.17) is 4.74 Å². The van der Waals surface area contributed by atoms with E-state index in [0.29, 0.717) is 12.0 Å². The summed E-state index contributed by atoms with van der Waals surface area (Å²) in [6.07, 6.45) is 1.20. The molecule has 0 saturated carbocycles. The van der Waals surface area contributed by atoms with Gasteiger partial charge in [0.05, 0.1) is 12.1 Å². The number of carbonyl (C=O) groups excluding carboxylic acids is 1. The predicted octanol–water partition coefficient (Wildman–Crippen LogP) is 0.914. The zero-order valence-corrected chi connectivity index (χ0v) is 10.7. The van der Waals surface area contributed by atoms with E-state index in [1.165, 1.54) is 0 Å². The van der Waals surface area contributed by atoms with E-state index in [-0.39, 0.29) is 18.1 Å². The van der Waals surface area contributed by atoms with Crippen LogP contribution in [0.15, 0.2) is 0 Å². The average Bonchev–Trinajstić information content (AvgIpc) is 2.60. The largest absolute Gasteiger partial charge is 0.377 e. The van der Waals surface area contributed by atoms with Crippen molar-refractivity contribution in [2.75, 3.05) is 13.2 Å². The van der Waals surface area contributed by atoms with Gasteiger partial charge in [-0.1, -0.05) is 13.8 Å². The van der Waals surface area contributed by atoms with Gasteiger partial charge in [-0.2, -0.15) is 0 Å². The van der Waals surface area contributed by atoms with E-state index in [9.17, 15) is 4.79 Å². The van der Waals surface area contributed by atoms with Crippen LogP contribution in [0.3, 0.4) is 0 Å². The molecule has 1 fully saturated rings. The molecule has 0 bridgehead atoms. The quantitative estimate of drug-likeness (QED) is 0.735. The fourth-order valence-corrected chi connectivity index (χ4v) is 1.81. The first kappa shape index (κ1) is 13.5. The maximum absolute atomic E-state index is 11.7. The van der Waals surface area contributed by atoms with Gasteiger partial charge in [0.25, 0.3) is 0 Å². The Bertz CT molecular complexity index is 231. The van der Waals surface area contributed by atoms with Crippen LogP contribution in [0.2, 0.25) is 0 Å². The van der Waals surface area contributed by atoms with Crippen molar-refractivity contribution >= 4 is 5.91 Å². The minimum absolute atomic E-state index is 0.0767. The Labute approximate surface area is 98.1 Å². The zero-order valence-electron chi connectivity index (χ0n) is 10.7. The number of ether oxygens (including phenoxy) is 1. The molecule has 1 rings (SSSR count). The Morgan fingerprint density at radius 1 is 1.44 bits per heavy atom. The second-order valence-corrected chi connectivity index (χ2v) is 5.00. The normalized spacial score (nSPS) is 27.1. The maximum Gasteiger partial charge on any atom is 0.236 e. The topological polar surface area (TPSA) is 50.4 Å². The Balaban J connectivity index is 2.28. The van der Waals surface area contributed by atoms with E-state index >= 15 is 0 Å². The zero-order chi connectivity index (χ0) is 12.1. The summed E-state index contributed by atoms with van der Waals surface area (Å²) in [6, 6.07) is 0.160. The summed E-state index contributed by atoms with van der Waals surface area (Å²) >= 11 is 0. The Morgan fingerprint density at radius 2 is 2.12 bits per heavy atom. The van der Waals surface area contributed by atoms with Crippen LogP contribution in [-0.4, -0.2) is 37.2 Å². The molecule has 0 aromatic carbocycles. The second kappa shape index (κ2) is 6.21. The highest BCUT2D eigenvalue weighted by Gasteiger charge is 2.27. The Morgan fingerprint density at radius 3 is 2.62 bits per heavy atom. The molecule has 4 nitrogen and oxygen atoms in total. The molecule has 3 atom stereocenters. The van der Waals surface area contributed by atoms with Crippen LogP contribution in [0.25, 0.3) is 0 Å². The predicted molar refractivity (Wildman–Crippen MR) is 64.3 cm³/mol.